The summed E-state index contributed by atoms with van der Waals surface area (Å²) in [6.45, 7) is 0. The molecule has 2 heterocycles. The molecule has 0 saturated carbocycles. The SMILES string of the molecule is Cn1c(C(F)(F)F)cc(=O)n(-c2c(F)cc(Cl)c3nc(CS(=O)(=O)c4ccccc4)[nH]c23)c1=O. The molecular weight excluding hydrogens is 504 g/mol. The second-order valence-corrected chi connectivity index (χ2v) is 9.61. The number of nitrogens with zero attached hydrogens (tertiary/aromatic N) is 3. The second-order valence-electron chi connectivity index (χ2n) is 7.21. The van der Waals surface area contributed by atoms with Crippen molar-refractivity contribution >= 4 is 32.5 Å². The summed E-state index contributed by atoms with van der Waals surface area (Å²) in [5.74, 6) is -2.06. The number of hydrogen-bond donors (Lipinski definition) is 1. The minimum atomic E-state index is -5.01. The lowest BCUT2D eigenvalue weighted by Gasteiger charge is -2.14. The average molecular weight is 517 g/mol. The molecule has 0 unspecified atom stereocenters. The van der Waals surface area contributed by atoms with Gasteiger partial charge in [0.2, 0.25) is 0 Å². The van der Waals surface area contributed by atoms with Crippen LogP contribution in [0.25, 0.3) is 16.7 Å². The third kappa shape index (κ3) is 4.01. The van der Waals surface area contributed by atoms with Crippen LogP contribution in [0.15, 0.2) is 56.9 Å². The Labute approximate surface area is 193 Å². The van der Waals surface area contributed by atoms with Crippen LogP contribution in [-0.2, 0) is 28.8 Å². The molecule has 0 fully saturated rings. The summed E-state index contributed by atoms with van der Waals surface area (Å²) in [5, 5.41) is -0.271. The first-order valence-corrected chi connectivity index (χ1v) is 11.4. The first kappa shape index (κ1) is 23.7. The zero-order chi connectivity index (χ0) is 25.0. The third-order valence-electron chi connectivity index (χ3n) is 4.96. The number of aromatic amines is 1. The molecule has 0 spiro atoms. The number of aromatic nitrogens is 4. The van der Waals surface area contributed by atoms with Crippen molar-refractivity contribution in [2.24, 2.45) is 7.05 Å². The highest BCUT2D eigenvalue weighted by atomic mass is 35.5. The Balaban J connectivity index is 1.95. The maximum Gasteiger partial charge on any atom is 0.431 e. The molecule has 34 heavy (non-hydrogen) atoms. The Bertz CT molecular complexity index is 1660. The van der Waals surface area contributed by atoms with Crippen LogP contribution in [0, 0.1) is 5.82 Å². The lowest BCUT2D eigenvalue weighted by atomic mass is 10.2. The molecule has 14 heteroatoms. The van der Waals surface area contributed by atoms with Gasteiger partial charge in [-0.3, -0.25) is 9.36 Å². The minimum absolute atomic E-state index is 0.0132. The van der Waals surface area contributed by atoms with Gasteiger partial charge in [0.25, 0.3) is 5.56 Å². The van der Waals surface area contributed by atoms with Crippen molar-refractivity contribution < 1.29 is 26.0 Å². The highest BCUT2D eigenvalue weighted by Gasteiger charge is 2.35. The van der Waals surface area contributed by atoms with E-state index in [0.29, 0.717) is 0 Å². The molecule has 0 saturated heterocycles. The van der Waals surface area contributed by atoms with Crippen molar-refractivity contribution in [2.45, 2.75) is 16.8 Å². The Morgan fingerprint density at radius 2 is 1.76 bits per heavy atom. The number of imidazole rings is 1. The number of halogens is 5. The molecule has 4 aromatic rings. The van der Waals surface area contributed by atoms with Gasteiger partial charge in [-0.25, -0.2) is 27.2 Å². The van der Waals surface area contributed by atoms with Gasteiger partial charge in [0, 0.05) is 13.1 Å². The van der Waals surface area contributed by atoms with Crippen LogP contribution in [0.1, 0.15) is 11.5 Å². The molecule has 2 aromatic carbocycles. The average Bonchev–Trinajstić information content (AvgIpc) is 3.16. The number of nitrogens with one attached hydrogen (secondary N) is 1. The van der Waals surface area contributed by atoms with Crippen LogP contribution in [0.4, 0.5) is 17.6 Å². The molecule has 4 rings (SSSR count). The van der Waals surface area contributed by atoms with E-state index in [1.165, 1.54) is 24.3 Å². The van der Waals surface area contributed by atoms with E-state index in [9.17, 15) is 35.6 Å². The summed E-state index contributed by atoms with van der Waals surface area (Å²) in [6, 6.07) is 8.25. The Morgan fingerprint density at radius 1 is 1.12 bits per heavy atom. The zero-order valence-electron chi connectivity index (χ0n) is 17.0. The first-order valence-electron chi connectivity index (χ1n) is 9.36. The van der Waals surface area contributed by atoms with Crippen molar-refractivity contribution in [1.82, 2.24) is 19.1 Å². The van der Waals surface area contributed by atoms with Crippen molar-refractivity contribution in [1.29, 1.82) is 0 Å². The Morgan fingerprint density at radius 3 is 2.38 bits per heavy atom. The first-order chi connectivity index (χ1) is 15.8. The predicted molar refractivity (Wildman–Crippen MR) is 114 cm³/mol. The standard InChI is InChI=1S/C20H13ClF4N4O4S/c1-28-13(20(23,24)25)8-15(30)29(19(28)31)18-12(22)7-11(21)16-17(18)27-14(26-16)9-34(32,33)10-5-3-2-4-6-10/h2-8H,9H2,1H3,(H,26,27). The van der Waals surface area contributed by atoms with Crippen LogP contribution < -0.4 is 11.2 Å². The van der Waals surface area contributed by atoms with Gasteiger partial charge in [-0.2, -0.15) is 13.2 Å². The summed E-state index contributed by atoms with van der Waals surface area (Å²) < 4.78 is 80.1. The fourth-order valence-electron chi connectivity index (χ4n) is 3.42. The Hall–Kier alpha value is -3.45. The van der Waals surface area contributed by atoms with Crippen LogP contribution >= 0.6 is 11.6 Å². The zero-order valence-corrected chi connectivity index (χ0v) is 18.6. The molecule has 2 aromatic heterocycles. The molecule has 8 nitrogen and oxygen atoms in total. The van der Waals surface area contributed by atoms with E-state index in [4.69, 9.17) is 11.6 Å². The molecule has 0 aliphatic heterocycles. The highest BCUT2D eigenvalue weighted by molar-refractivity contribution is 7.90. The van der Waals surface area contributed by atoms with Crippen LogP contribution in [0.2, 0.25) is 5.02 Å². The minimum Gasteiger partial charge on any atom is -0.339 e. The largest absolute Gasteiger partial charge is 0.431 e. The van der Waals surface area contributed by atoms with E-state index in [0.717, 1.165) is 13.1 Å². The molecule has 178 valence electrons. The van der Waals surface area contributed by atoms with E-state index in [2.05, 4.69) is 9.97 Å². The van der Waals surface area contributed by atoms with E-state index >= 15 is 0 Å². The molecular formula is C20H13ClF4N4O4S. The van der Waals surface area contributed by atoms with E-state index in [1.807, 2.05) is 0 Å². The summed E-state index contributed by atoms with van der Waals surface area (Å²) >= 11 is 6.03. The predicted octanol–water partition coefficient (Wildman–Crippen LogP) is 3.20. The fourth-order valence-corrected chi connectivity index (χ4v) is 4.88. The second kappa shape index (κ2) is 8.09. The van der Waals surface area contributed by atoms with Gasteiger partial charge in [0.1, 0.15) is 28.5 Å². The molecule has 0 aliphatic carbocycles. The molecule has 0 atom stereocenters. The lowest BCUT2D eigenvalue weighted by Crippen LogP contribution is -2.41. The Kier molecular flexibility index (Phi) is 5.64. The molecule has 0 aliphatic rings. The van der Waals surface area contributed by atoms with E-state index < -0.39 is 50.2 Å². The number of rotatable bonds is 4. The van der Waals surface area contributed by atoms with Gasteiger partial charge in [-0.05, 0) is 18.2 Å². The number of alkyl halides is 3. The molecule has 0 bridgehead atoms. The van der Waals surface area contributed by atoms with Gasteiger partial charge in [0.15, 0.2) is 15.7 Å². The number of H-pyrrole nitrogens is 1. The lowest BCUT2D eigenvalue weighted by molar-refractivity contribution is -0.144. The summed E-state index contributed by atoms with van der Waals surface area (Å²) in [6.07, 6.45) is -5.01. The summed E-state index contributed by atoms with van der Waals surface area (Å²) in [7, 11) is -3.12. The van der Waals surface area contributed by atoms with E-state index in [1.54, 1.807) is 6.07 Å². The van der Waals surface area contributed by atoms with Crippen LogP contribution in [-0.4, -0.2) is 27.5 Å². The van der Waals surface area contributed by atoms with E-state index in [-0.39, 0.29) is 42.0 Å². The maximum absolute atomic E-state index is 14.9. The van der Waals surface area contributed by atoms with Gasteiger partial charge >= 0.3 is 11.9 Å². The van der Waals surface area contributed by atoms with Gasteiger partial charge in [0.05, 0.1) is 15.4 Å². The number of benzene rings is 2. The van der Waals surface area contributed by atoms with Gasteiger partial charge in [-0.15, -0.1) is 0 Å². The van der Waals surface area contributed by atoms with Crippen molar-refractivity contribution in [2.75, 3.05) is 0 Å². The van der Waals surface area contributed by atoms with Crippen LogP contribution in [0.3, 0.4) is 0 Å². The summed E-state index contributed by atoms with van der Waals surface area (Å²) in [5.41, 5.74) is -5.70. The fraction of sp³-hybridized carbons (Fsp3) is 0.150. The molecule has 0 amide bonds. The molecule has 1 N–H and O–H groups in total. The van der Waals surface area contributed by atoms with Crippen LogP contribution in [0.5, 0.6) is 0 Å². The third-order valence-corrected chi connectivity index (χ3v) is 6.89. The van der Waals surface area contributed by atoms with Gasteiger partial charge < -0.3 is 4.98 Å². The van der Waals surface area contributed by atoms with Crippen molar-refractivity contribution in [3.63, 3.8) is 0 Å². The quantitative estimate of drug-likeness (QED) is 0.419. The maximum atomic E-state index is 14.9. The van der Waals surface area contributed by atoms with Gasteiger partial charge in [-0.1, -0.05) is 29.8 Å². The smallest absolute Gasteiger partial charge is 0.339 e. The normalized spacial score (nSPS) is 12.4. The van der Waals surface area contributed by atoms with Crippen molar-refractivity contribution in [3.8, 4) is 5.69 Å². The monoisotopic (exact) mass is 516 g/mol. The summed E-state index contributed by atoms with van der Waals surface area (Å²) in [4.78, 5) is 31.7. The van der Waals surface area contributed by atoms with Crippen molar-refractivity contribution in [3.05, 3.63) is 85.7 Å². The highest BCUT2D eigenvalue weighted by Crippen LogP contribution is 2.31. The number of sulfone groups is 1. The number of fused-ring (bicyclic) bond motifs is 1. The topological polar surface area (TPSA) is 107 Å². The molecule has 0 radical (unpaired) electrons. The number of hydrogen-bond acceptors (Lipinski definition) is 5.